The quantitative estimate of drug-likeness (QED) is 0.621. The fourth-order valence-corrected chi connectivity index (χ4v) is 3.65. The van der Waals surface area contributed by atoms with Crippen molar-refractivity contribution >= 4 is 38.9 Å². The summed E-state index contributed by atoms with van der Waals surface area (Å²) in [5.41, 5.74) is 0.805. The van der Waals surface area contributed by atoms with Gasteiger partial charge in [0, 0.05) is 4.88 Å². The van der Waals surface area contributed by atoms with Crippen molar-refractivity contribution in [1.82, 2.24) is 0 Å². The average molecular weight is 372 g/mol. The van der Waals surface area contributed by atoms with Crippen LogP contribution in [-0.2, 0) is 0 Å². The maximum Gasteiger partial charge on any atom is 0.573 e. The molecule has 0 radical (unpaired) electrons. The topological polar surface area (TPSA) is 9.23 Å². The second kappa shape index (κ2) is 5.73. The molecule has 0 aliphatic rings. The van der Waals surface area contributed by atoms with Gasteiger partial charge in [-0.25, -0.2) is 0 Å². The van der Waals surface area contributed by atoms with E-state index in [2.05, 4.69) is 20.7 Å². The minimum atomic E-state index is -4.67. The lowest BCUT2D eigenvalue weighted by Gasteiger charge is -2.12. The van der Waals surface area contributed by atoms with E-state index in [1.54, 1.807) is 18.2 Å². The van der Waals surface area contributed by atoms with E-state index in [4.69, 9.17) is 11.6 Å². The molecule has 1 aromatic carbocycles. The third-order valence-electron chi connectivity index (χ3n) is 2.28. The molecule has 1 atom stereocenters. The molecule has 1 heterocycles. The number of ether oxygens (including phenoxy) is 1. The minimum Gasteiger partial charge on any atom is -0.406 e. The van der Waals surface area contributed by atoms with Crippen LogP contribution >= 0.6 is 38.9 Å². The highest BCUT2D eigenvalue weighted by molar-refractivity contribution is 9.09. The van der Waals surface area contributed by atoms with Crippen LogP contribution in [0.2, 0.25) is 5.02 Å². The molecule has 102 valence electrons. The summed E-state index contributed by atoms with van der Waals surface area (Å²) in [5, 5.41) is 2.48. The Hall–Kier alpha value is -0.720. The smallest absolute Gasteiger partial charge is 0.406 e. The average Bonchev–Trinajstić information content (AvgIpc) is 2.73. The fraction of sp³-hybridized carbons (Fsp3) is 0.167. The van der Waals surface area contributed by atoms with Gasteiger partial charge in [-0.05, 0) is 29.1 Å². The molecule has 0 amide bonds. The molecule has 0 bridgehead atoms. The second-order valence-electron chi connectivity index (χ2n) is 3.61. The van der Waals surface area contributed by atoms with E-state index in [1.165, 1.54) is 23.5 Å². The van der Waals surface area contributed by atoms with Gasteiger partial charge in [0.05, 0.1) is 9.85 Å². The lowest BCUT2D eigenvalue weighted by atomic mass is 10.1. The molecule has 2 rings (SSSR count). The number of benzene rings is 1. The van der Waals surface area contributed by atoms with Crippen molar-refractivity contribution in [2.24, 2.45) is 0 Å². The number of alkyl halides is 4. The van der Waals surface area contributed by atoms with E-state index < -0.39 is 6.36 Å². The van der Waals surface area contributed by atoms with E-state index in [9.17, 15) is 13.2 Å². The van der Waals surface area contributed by atoms with Crippen LogP contribution < -0.4 is 4.74 Å². The van der Waals surface area contributed by atoms with Gasteiger partial charge in [-0.15, -0.1) is 24.5 Å². The van der Waals surface area contributed by atoms with Crippen molar-refractivity contribution < 1.29 is 17.9 Å². The Morgan fingerprint density at radius 3 is 2.26 bits per heavy atom. The summed E-state index contributed by atoms with van der Waals surface area (Å²) in [6.07, 6.45) is -4.67. The predicted octanol–water partition coefficient (Wildman–Crippen LogP) is 5.78. The van der Waals surface area contributed by atoms with E-state index >= 15 is 0 Å². The third kappa shape index (κ3) is 3.87. The first-order chi connectivity index (χ1) is 8.87. The standard InChI is InChI=1S/C12H7BrClF3OS/c13-10(11-9(14)5-6-19-11)7-1-3-8(4-2-7)18-12(15,16)17/h1-6,10H. The Bertz CT molecular complexity index is 553. The number of hydrogen-bond acceptors (Lipinski definition) is 2. The molecule has 19 heavy (non-hydrogen) atoms. The lowest BCUT2D eigenvalue weighted by molar-refractivity contribution is -0.274. The van der Waals surface area contributed by atoms with Crippen molar-refractivity contribution in [3.05, 3.63) is 51.2 Å². The van der Waals surface area contributed by atoms with Crippen LogP contribution in [0.3, 0.4) is 0 Å². The molecule has 0 saturated heterocycles. The summed E-state index contributed by atoms with van der Waals surface area (Å²) in [4.78, 5) is 0.756. The normalized spacial score (nSPS) is 13.3. The van der Waals surface area contributed by atoms with E-state index in [-0.39, 0.29) is 10.6 Å². The summed E-state index contributed by atoms with van der Waals surface area (Å²) >= 11 is 11.0. The minimum absolute atomic E-state index is 0.153. The second-order valence-corrected chi connectivity index (χ2v) is 5.88. The highest BCUT2D eigenvalue weighted by Crippen LogP contribution is 2.39. The Morgan fingerprint density at radius 1 is 1.16 bits per heavy atom. The number of rotatable bonds is 3. The Labute approximate surface area is 125 Å². The van der Waals surface area contributed by atoms with Gasteiger partial charge in [0.2, 0.25) is 0 Å². The summed E-state index contributed by atoms with van der Waals surface area (Å²) in [6, 6.07) is 7.46. The lowest BCUT2D eigenvalue weighted by Crippen LogP contribution is -2.17. The van der Waals surface area contributed by atoms with Gasteiger partial charge in [0.1, 0.15) is 5.75 Å². The molecule has 1 nitrogen and oxygen atoms in total. The largest absolute Gasteiger partial charge is 0.573 e. The Balaban J connectivity index is 2.17. The molecule has 2 aromatic rings. The molecule has 0 N–H and O–H groups in total. The van der Waals surface area contributed by atoms with Crippen LogP contribution in [0, 0.1) is 0 Å². The van der Waals surface area contributed by atoms with Crippen molar-refractivity contribution in [2.75, 3.05) is 0 Å². The maximum atomic E-state index is 12.0. The third-order valence-corrected chi connectivity index (χ3v) is 4.99. The zero-order valence-corrected chi connectivity index (χ0v) is 12.4. The Morgan fingerprint density at radius 2 is 1.79 bits per heavy atom. The molecule has 1 unspecified atom stereocenters. The first-order valence-corrected chi connectivity index (χ1v) is 7.27. The van der Waals surface area contributed by atoms with Crippen LogP contribution in [0.4, 0.5) is 13.2 Å². The van der Waals surface area contributed by atoms with Crippen LogP contribution in [-0.4, -0.2) is 6.36 Å². The van der Waals surface area contributed by atoms with Crippen molar-refractivity contribution in [1.29, 1.82) is 0 Å². The highest BCUT2D eigenvalue weighted by Gasteiger charge is 2.31. The number of hydrogen-bond donors (Lipinski definition) is 0. The van der Waals surface area contributed by atoms with E-state index in [0.717, 1.165) is 10.4 Å². The van der Waals surface area contributed by atoms with Crippen LogP contribution in [0.25, 0.3) is 0 Å². The van der Waals surface area contributed by atoms with Gasteiger partial charge >= 0.3 is 6.36 Å². The van der Waals surface area contributed by atoms with E-state index in [0.29, 0.717) is 5.02 Å². The molecular weight excluding hydrogens is 365 g/mol. The maximum absolute atomic E-state index is 12.0. The predicted molar refractivity (Wildman–Crippen MR) is 73.2 cm³/mol. The molecule has 0 fully saturated rings. The fourth-order valence-electron chi connectivity index (χ4n) is 1.48. The zero-order valence-electron chi connectivity index (χ0n) is 9.25. The molecule has 0 spiro atoms. The van der Waals surface area contributed by atoms with Gasteiger partial charge < -0.3 is 4.74 Å². The molecule has 0 saturated carbocycles. The summed E-state index contributed by atoms with van der Waals surface area (Å²) < 4.78 is 39.9. The van der Waals surface area contributed by atoms with Crippen LogP contribution in [0.1, 0.15) is 15.3 Å². The van der Waals surface area contributed by atoms with Crippen molar-refractivity contribution in [3.8, 4) is 5.75 Å². The molecule has 0 aliphatic carbocycles. The number of halogens is 5. The van der Waals surface area contributed by atoms with Gasteiger partial charge in [0.15, 0.2) is 0 Å². The van der Waals surface area contributed by atoms with Crippen molar-refractivity contribution in [2.45, 2.75) is 11.2 Å². The van der Waals surface area contributed by atoms with Crippen molar-refractivity contribution in [3.63, 3.8) is 0 Å². The van der Waals surface area contributed by atoms with Crippen LogP contribution in [0.5, 0.6) is 5.75 Å². The van der Waals surface area contributed by atoms with Gasteiger partial charge in [0.25, 0.3) is 0 Å². The molecule has 1 aromatic heterocycles. The SMILES string of the molecule is FC(F)(F)Oc1ccc(C(Br)c2sccc2Cl)cc1. The van der Waals surface area contributed by atoms with Gasteiger partial charge in [-0.2, -0.15) is 0 Å². The number of thiophene rings is 1. The molecule has 0 aliphatic heterocycles. The Kier molecular flexibility index (Phi) is 4.43. The summed E-state index contributed by atoms with van der Waals surface area (Å²) in [5.74, 6) is -0.242. The van der Waals surface area contributed by atoms with Crippen LogP contribution in [0.15, 0.2) is 35.7 Å². The summed E-state index contributed by atoms with van der Waals surface area (Å²) in [6.45, 7) is 0. The first-order valence-electron chi connectivity index (χ1n) is 5.09. The van der Waals surface area contributed by atoms with E-state index in [1.807, 2.05) is 5.38 Å². The van der Waals surface area contributed by atoms with Gasteiger partial charge in [-0.3, -0.25) is 0 Å². The molecular formula is C12H7BrClF3OS. The summed E-state index contributed by atoms with van der Waals surface area (Å²) in [7, 11) is 0. The zero-order chi connectivity index (χ0) is 14.0. The first kappa shape index (κ1) is 14.7. The highest BCUT2D eigenvalue weighted by atomic mass is 79.9. The monoisotopic (exact) mass is 370 g/mol. The molecule has 7 heteroatoms. The van der Waals surface area contributed by atoms with Gasteiger partial charge in [-0.1, -0.05) is 39.7 Å².